The van der Waals surface area contributed by atoms with Crippen LogP contribution < -0.4 is 10.5 Å². The van der Waals surface area contributed by atoms with Crippen LogP contribution in [0.3, 0.4) is 0 Å². The number of hydrogen-bond donors (Lipinski definition) is 1. The fourth-order valence-electron chi connectivity index (χ4n) is 2.34. The summed E-state index contributed by atoms with van der Waals surface area (Å²) in [4.78, 5) is 10.3. The quantitative estimate of drug-likeness (QED) is 0.535. The van der Waals surface area contributed by atoms with Gasteiger partial charge in [-0.1, -0.05) is 30.3 Å². The average molecular weight is 402 g/mol. The first-order valence-corrected chi connectivity index (χ1v) is 8.90. The molecule has 0 spiro atoms. The minimum absolute atomic E-state index is 0. The first-order valence-electron chi connectivity index (χ1n) is 7.46. The van der Waals surface area contributed by atoms with Crippen molar-refractivity contribution in [1.82, 2.24) is 4.31 Å². The average Bonchev–Trinajstić information content (AvgIpc) is 2.61. The molecular weight excluding hydrogens is 382 g/mol. The van der Waals surface area contributed by atoms with Gasteiger partial charge in [-0.05, 0) is 17.7 Å². The van der Waals surface area contributed by atoms with Crippen molar-refractivity contribution in [2.24, 2.45) is 5.73 Å². The fraction of sp³-hybridized carbons (Fsp3) is 0.250. The third-order valence-corrected chi connectivity index (χ3v) is 5.41. The highest BCUT2D eigenvalue weighted by molar-refractivity contribution is 7.89. The lowest BCUT2D eigenvalue weighted by molar-refractivity contribution is -0.386. The smallest absolute Gasteiger partial charge is 0.312 e. The molecule has 0 saturated heterocycles. The Morgan fingerprint density at radius 1 is 1.19 bits per heavy atom. The van der Waals surface area contributed by atoms with E-state index in [4.69, 9.17) is 10.5 Å². The Kier molecular flexibility index (Phi) is 7.97. The van der Waals surface area contributed by atoms with Gasteiger partial charge in [0.05, 0.1) is 16.9 Å². The highest BCUT2D eigenvalue weighted by Crippen LogP contribution is 2.30. The predicted molar refractivity (Wildman–Crippen MR) is 100.0 cm³/mol. The number of nitrogens with two attached hydrogens (primary N) is 1. The fourth-order valence-corrected chi connectivity index (χ4v) is 3.80. The van der Waals surface area contributed by atoms with E-state index in [0.29, 0.717) is 0 Å². The van der Waals surface area contributed by atoms with E-state index in [1.54, 1.807) is 24.3 Å². The lowest BCUT2D eigenvalue weighted by Gasteiger charge is -2.21. The molecule has 0 bridgehead atoms. The van der Waals surface area contributed by atoms with Crippen molar-refractivity contribution in [1.29, 1.82) is 0 Å². The molecule has 0 aliphatic rings. The number of rotatable bonds is 8. The van der Waals surface area contributed by atoms with Crippen LogP contribution in [0.4, 0.5) is 5.69 Å². The summed E-state index contributed by atoms with van der Waals surface area (Å²) in [5, 5.41) is 11.1. The number of benzene rings is 2. The molecule has 0 aromatic heterocycles. The summed E-state index contributed by atoms with van der Waals surface area (Å²) < 4.78 is 31.9. The van der Waals surface area contributed by atoms with Crippen molar-refractivity contribution in [3.05, 3.63) is 64.2 Å². The maximum Gasteiger partial charge on any atom is 0.312 e. The Balaban J connectivity index is 0.00000338. The summed E-state index contributed by atoms with van der Waals surface area (Å²) in [6.45, 7) is 0.349. The van der Waals surface area contributed by atoms with Gasteiger partial charge in [0.15, 0.2) is 5.75 Å². The van der Waals surface area contributed by atoms with E-state index in [-0.39, 0.29) is 42.7 Å². The zero-order valence-corrected chi connectivity index (χ0v) is 15.7. The van der Waals surface area contributed by atoms with Crippen molar-refractivity contribution in [2.75, 3.05) is 20.2 Å². The van der Waals surface area contributed by atoms with Crippen LogP contribution in [-0.4, -0.2) is 37.8 Å². The van der Waals surface area contributed by atoms with Crippen molar-refractivity contribution in [3.63, 3.8) is 0 Å². The maximum absolute atomic E-state index is 12.9. The van der Waals surface area contributed by atoms with Crippen LogP contribution in [0.25, 0.3) is 0 Å². The molecule has 26 heavy (non-hydrogen) atoms. The Bertz CT molecular complexity index is 846. The molecule has 142 valence electrons. The van der Waals surface area contributed by atoms with Crippen LogP contribution in [0.15, 0.2) is 53.4 Å². The molecule has 0 heterocycles. The minimum Gasteiger partial charge on any atom is -0.490 e. The van der Waals surface area contributed by atoms with Crippen molar-refractivity contribution < 1.29 is 18.1 Å². The first-order chi connectivity index (χ1) is 11.9. The number of nitrogens with zero attached hydrogens (tertiary/aromatic N) is 2. The highest BCUT2D eigenvalue weighted by Gasteiger charge is 2.27. The Labute approximate surface area is 158 Å². The number of nitro groups is 1. The minimum atomic E-state index is -3.95. The van der Waals surface area contributed by atoms with Crippen molar-refractivity contribution in [2.45, 2.75) is 11.4 Å². The van der Waals surface area contributed by atoms with Crippen LogP contribution in [0.1, 0.15) is 5.56 Å². The topological polar surface area (TPSA) is 116 Å². The summed E-state index contributed by atoms with van der Waals surface area (Å²) in [6.07, 6.45) is 0. The molecule has 2 N–H and O–H groups in total. The van der Waals surface area contributed by atoms with Gasteiger partial charge in [-0.15, -0.1) is 12.4 Å². The molecule has 2 rings (SSSR count). The second-order valence-electron chi connectivity index (χ2n) is 5.20. The summed E-state index contributed by atoms with van der Waals surface area (Å²) in [6, 6.07) is 12.6. The Morgan fingerprint density at radius 3 is 2.38 bits per heavy atom. The van der Waals surface area contributed by atoms with E-state index in [9.17, 15) is 18.5 Å². The molecule has 0 aliphatic heterocycles. The van der Waals surface area contributed by atoms with E-state index in [1.165, 1.54) is 23.5 Å². The van der Waals surface area contributed by atoms with Crippen molar-refractivity contribution >= 4 is 28.1 Å². The van der Waals surface area contributed by atoms with E-state index in [0.717, 1.165) is 11.6 Å². The molecule has 0 atom stereocenters. The lowest BCUT2D eigenvalue weighted by Crippen LogP contribution is -2.35. The van der Waals surface area contributed by atoms with E-state index in [1.807, 2.05) is 6.07 Å². The van der Waals surface area contributed by atoms with E-state index in [2.05, 4.69) is 0 Å². The Hall–Kier alpha value is -2.20. The van der Waals surface area contributed by atoms with Crippen LogP contribution in [0.2, 0.25) is 0 Å². The highest BCUT2D eigenvalue weighted by atomic mass is 35.5. The number of methoxy groups -OCH3 is 1. The van der Waals surface area contributed by atoms with Gasteiger partial charge in [-0.2, -0.15) is 4.31 Å². The second-order valence-corrected chi connectivity index (χ2v) is 7.14. The predicted octanol–water partition coefficient (Wildman–Crippen LogP) is 2.17. The van der Waals surface area contributed by atoms with Crippen molar-refractivity contribution in [3.8, 4) is 5.75 Å². The van der Waals surface area contributed by atoms with Gasteiger partial charge in [0.2, 0.25) is 10.0 Å². The van der Waals surface area contributed by atoms with Gasteiger partial charge in [0.25, 0.3) is 0 Å². The molecule has 10 heteroatoms. The Morgan fingerprint density at radius 2 is 1.85 bits per heavy atom. The van der Waals surface area contributed by atoms with Crippen LogP contribution >= 0.6 is 12.4 Å². The summed E-state index contributed by atoms with van der Waals surface area (Å²) in [5.74, 6) is -0.00242. The molecule has 0 unspecified atom stereocenters. The molecule has 8 nitrogen and oxygen atoms in total. The van der Waals surface area contributed by atoms with Gasteiger partial charge >= 0.3 is 5.69 Å². The van der Waals surface area contributed by atoms with Crippen LogP contribution in [0.5, 0.6) is 5.75 Å². The summed E-state index contributed by atoms with van der Waals surface area (Å²) in [7, 11) is -2.66. The second kappa shape index (κ2) is 9.48. The SMILES string of the molecule is COc1ccc(S(=O)(=O)N(CCN)Cc2ccccc2)cc1[N+](=O)[O-].Cl. The molecule has 0 amide bonds. The normalized spacial score (nSPS) is 11.0. The number of ether oxygens (including phenoxy) is 1. The van der Waals surface area contributed by atoms with Gasteiger partial charge in [0, 0.05) is 25.7 Å². The zero-order valence-electron chi connectivity index (χ0n) is 14.1. The number of hydrogen-bond acceptors (Lipinski definition) is 6. The summed E-state index contributed by atoms with van der Waals surface area (Å²) >= 11 is 0. The van der Waals surface area contributed by atoms with Gasteiger partial charge < -0.3 is 10.5 Å². The van der Waals surface area contributed by atoms with Crippen LogP contribution in [-0.2, 0) is 16.6 Å². The monoisotopic (exact) mass is 401 g/mol. The summed E-state index contributed by atoms with van der Waals surface area (Å²) in [5.41, 5.74) is 5.93. The lowest BCUT2D eigenvalue weighted by atomic mass is 10.2. The zero-order chi connectivity index (χ0) is 18.4. The standard InChI is InChI=1S/C16H19N3O5S.ClH/c1-24-16-8-7-14(11-15(16)19(20)21)25(22,23)18(10-9-17)12-13-5-3-2-4-6-13;/h2-8,11H,9-10,12,17H2,1H3;1H. The third-order valence-electron chi connectivity index (χ3n) is 3.57. The number of sulfonamides is 1. The molecule has 0 saturated carbocycles. The molecule has 0 radical (unpaired) electrons. The molecular formula is C16H20ClN3O5S. The first kappa shape index (κ1) is 21.8. The van der Waals surface area contributed by atoms with Gasteiger partial charge in [-0.25, -0.2) is 8.42 Å². The maximum atomic E-state index is 12.9. The molecule has 0 aliphatic carbocycles. The molecule has 2 aromatic rings. The van der Waals surface area contributed by atoms with E-state index < -0.39 is 20.6 Å². The van der Waals surface area contributed by atoms with Gasteiger partial charge in [-0.3, -0.25) is 10.1 Å². The van der Waals surface area contributed by atoms with Gasteiger partial charge in [0.1, 0.15) is 0 Å². The largest absolute Gasteiger partial charge is 0.490 e. The van der Waals surface area contributed by atoms with E-state index >= 15 is 0 Å². The third kappa shape index (κ3) is 4.92. The van der Waals surface area contributed by atoms with Crippen LogP contribution in [0, 0.1) is 10.1 Å². The number of halogens is 1. The molecule has 0 fully saturated rings. The number of nitro benzene ring substituents is 1. The molecule has 2 aromatic carbocycles.